The molecular formula is C11H13NO4S. The molecule has 0 saturated carbocycles. The van der Waals surface area contributed by atoms with Gasteiger partial charge in [-0.05, 0) is 18.6 Å². The highest BCUT2D eigenvalue weighted by atomic mass is 32.2. The molecule has 6 heteroatoms. The molecule has 0 radical (unpaired) electrons. The lowest BCUT2D eigenvalue weighted by molar-refractivity contribution is -0.130. The number of aromatic carboxylic acids is 1. The SMILES string of the molecule is O=C(O)c1ccnc(SCC2CCOCO2)c1. The van der Waals surface area contributed by atoms with E-state index in [1.54, 1.807) is 6.07 Å². The maximum Gasteiger partial charge on any atom is 0.335 e. The van der Waals surface area contributed by atoms with Crippen molar-refractivity contribution in [2.75, 3.05) is 19.2 Å². The van der Waals surface area contributed by atoms with Crippen LogP contribution in [0.1, 0.15) is 16.8 Å². The molecule has 1 atom stereocenters. The second-order valence-electron chi connectivity index (χ2n) is 3.60. The first-order valence-electron chi connectivity index (χ1n) is 5.27. The van der Waals surface area contributed by atoms with Crippen molar-refractivity contribution in [1.82, 2.24) is 4.98 Å². The number of aromatic nitrogens is 1. The summed E-state index contributed by atoms with van der Waals surface area (Å²) in [6.45, 7) is 1.06. The first kappa shape index (κ1) is 12.3. The fraction of sp³-hybridized carbons (Fsp3) is 0.455. The minimum atomic E-state index is -0.934. The third-order valence-electron chi connectivity index (χ3n) is 2.37. The Morgan fingerprint density at radius 1 is 1.65 bits per heavy atom. The van der Waals surface area contributed by atoms with Gasteiger partial charge in [0.05, 0.1) is 23.3 Å². The van der Waals surface area contributed by atoms with E-state index in [0.29, 0.717) is 18.4 Å². The van der Waals surface area contributed by atoms with Crippen LogP contribution in [0.15, 0.2) is 23.4 Å². The van der Waals surface area contributed by atoms with Crippen LogP contribution in [0.3, 0.4) is 0 Å². The van der Waals surface area contributed by atoms with Crippen molar-refractivity contribution in [3.63, 3.8) is 0 Å². The molecule has 0 amide bonds. The van der Waals surface area contributed by atoms with Gasteiger partial charge in [-0.1, -0.05) is 0 Å². The Hall–Kier alpha value is -1.11. The molecule has 1 saturated heterocycles. The zero-order valence-corrected chi connectivity index (χ0v) is 9.98. The van der Waals surface area contributed by atoms with Gasteiger partial charge in [0.15, 0.2) is 0 Å². The third kappa shape index (κ3) is 3.69. The van der Waals surface area contributed by atoms with Crippen LogP contribution in [0, 0.1) is 0 Å². The van der Waals surface area contributed by atoms with Crippen molar-refractivity contribution >= 4 is 17.7 Å². The zero-order chi connectivity index (χ0) is 12.1. The van der Waals surface area contributed by atoms with Crippen LogP contribution >= 0.6 is 11.8 Å². The van der Waals surface area contributed by atoms with Crippen LogP contribution < -0.4 is 0 Å². The van der Waals surface area contributed by atoms with Crippen LogP contribution in [0.25, 0.3) is 0 Å². The molecule has 0 spiro atoms. The van der Waals surface area contributed by atoms with Gasteiger partial charge in [-0.3, -0.25) is 0 Å². The van der Waals surface area contributed by atoms with Gasteiger partial charge in [-0.15, -0.1) is 11.8 Å². The van der Waals surface area contributed by atoms with Gasteiger partial charge in [0.1, 0.15) is 6.79 Å². The molecule has 1 aliphatic rings. The summed E-state index contributed by atoms with van der Waals surface area (Å²) in [5.74, 6) is -0.170. The van der Waals surface area contributed by atoms with Crippen molar-refractivity contribution in [3.05, 3.63) is 23.9 Å². The summed E-state index contributed by atoms with van der Waals surface area (Å²) in [4.78, 5) is 14.9. The van der Waals surface area contributed by atoms with Gasteiger partial charge in [0, 0.05) is 11.9 Å². The molecule has 17 heavy (non-hydrogen) atoms. The van der Waals surface area contributed by atoms with Gasteiger partial charge in [0.25, 0.3) is 0 Å². The number of rotatable bonds is 4. The minimum Gasteiger partial charge on any atom is -0.478 e. The maximum absolute atomic E-state index is 10.8. The van der Waals surface area contributed by atoms with Gasteiger partial charge in [0.2, 0.25) is 0 Å². The fourth-order valence-electron chi connectivity index (χ4n) is 1.43. The second-order valence-corrected chi connectivity index (χ2v) is 4.64. The standard InChI is InChI=1S/C11H13NO4S/c13-11(14)8-1-3-12-10(5-8)17-6-9-2-4-15-7-16-9/h1,3,5,9H,2,4,6-7H2,(H,13,14). The summed E-state index contributed by atoms with van der Waals surface area (Å²) in [7, 11) is 0. The Labute approximate surface area is 103 Å². The molecule has 1 N–H and O–H groups in total. The Kier molecular flexibility index (Phi) is 4.36. The average Bonchev–Trinajstić information content (AvgIpc) is 2.38. The summed E-state index contributed by atoms with van der Waals surface area (Å²) < 4.78 is 10.5. The molecule has 1 aliphatic heterocycles. The van der Waals surface area contributed by atoms with Crippen molar-refractivity contribution in [1.29, 1.82) is 0 Å². The molecule has 1 unspecified atom stereocenters. The van der Waals surface area contributed by atoms with Gasteiger partial charge < -0.3 is 14.6 Å². The first-order valence-corrected chi connectivity index (χ1v) is 6.26. The number of nitrogens with zero attached hydrogens (tertiary/aromatic N) is 1. The topological polar surface area (TPSA) is 68.7 Å². The molecule has 0 bridgehead atoms. The van der Waals surface area contributed by atoms with E-state index in [4.69, 9.17) is 14.6 Å². The van der Waals surface area contributed by atoms with Crippen LogP contribution in [0.4, 0.5) is 0 Å². The fourth-order valence-corrected chi connectivity index (χ4v) is 2.40. The molecule has 2 rings (SSSR count). The highest BCUT2D eigenvalue weighted by molar-refractivity contribution is 7.99. The second kappa shape index (κ2) is 6.00. The smallest absolute Gasteiger partial charge is 0.335 e. The van der Waals surface area contributed by atoms with Crippen molar-refractivity contribution < 1.29 is 19.4 Å². The van der Waals surface area contributed by atoms with Gasteiger partial charge >= 0.3 is 5.97 Å². The Morgan fingerprint density at radius 2 is 2.53 bits per heavy atom. The zero-order valence-electron chi connectivity index (χ0n) is 9.17. The molecular weight excluding hydrogens is 242 g/mol. The molecule has 0 aliphatic carbocycles. The summed E-state index contributed by atoms with van der Waals surface area (Å²) in [5.41, 5.74) is 0.260. The van der Waals surface area contributed by atoms with Gasteiger partial charge in [-0.25, -0.2) is 9.78 Å². The molecule has 1 fully saturated rings. The lowest BCUT2D eigenvalue weighted by atomic mass is 10.3. The number of pyridine rings is 1. The molecule has 1 aromatic rings. The van der Waals surface area contributed by atoms with E-state index in [1.807, 2.05) is 0 Å². The van der Waals surface area contributed by atoms with Crippen molar-refractivity contribution in [3.8, 4) is 0 Å². The number of hydrogen-bond donors (Lipinski definition) is 1. The van der Waals surface area contributed by atoms with Crippen molar-refractivity contribution in [2.45, 2.75) is 17.6 Å². The van der Waals surface area contributed by atoms with E-state index in [9.17, 15) is 4.79 Å². The average molecular weight is 255 g/mol. The highest BCUT2D eigenvalue weighted by Gasteiger charge is 2.15. The quantitative estimate of drug-likeness (QED) is 0.825. The number of carbonyl (C=O) groups is 1. The number of thioether (sulfide) groups is 1. The summed E-state index contributed by atoms with van der Waals surface area (Å²) >= 11 is 1.50. The van der Waals surface area contributed by atoms with E-state index < -0.39 is 5.97 Å². The molecule has 2 heterocycles. The lowest BCUT2D eigenvalue weighted by Crippen LogP contribution is -2.25. The van der Waals surface area contributed by atoms with Crippen LogP contribution in [0.2, 0.25) is 0 Å². The molecule has 1 aromatic heterocycles. The monoisotopic (exact) mass is 255 g/mol. The van der Waals surface area contributed by atoms with E-state index in [0.717, 1.165) is 12.2 Å². The third-order valence-corrected chi connectivity index (χ3v) is 3.43. The first-order chi connectivity index (χ1) is 8.25. The number of hydrogen-bond acceptors (Lipinski definition) is 5. The minimum absolute atomic E-state index is 0.157. The largest absolute Gasteiger partial charge is 0.478 e. The van der Waals surface area contributed by atoms with E-state index in [2.05, 4.69) is 4.98 Å². The Bertz CT molecular complexity index is 393. The van der Waals surface area contributed by atoms with E-state index >= 15 is 0 Å². The predicted molar refractivity (Wildman–Crippen MR) is 62.2 cm³/mol. The summed E-state index contributed by atoms with van der Waals surface area (Å²) in [6, 6.07) is 3.06. The normalized spacial score (nSPS) is 20.1. The lowest BCUT2D eigenvalue weighted by Gasteiger charge is -2.22. The maximum atomic E-state index is 10.8. The summed E-state index contributed by atoms with van der Waals surface area (Å²) in [6.07, 6.45) is 2.53. The number of carboxylic acids is 1. The highest BCUT2D eigenvalue weighted by Crippen LogP contribution is 2.20. The summed E-state index contributed by atoms with van der Waals surface area (Å²) in [5, 5.41) is 9.56. The van der Waals surface area contributed by atoms with Gasteiger partial charge in [-0.2, -0.15) is 0 Å². The van der Waals surface area contributed by atoms with Crippen LogP contribution in [-0.2, 0) is 9.47 Å². The van der Waals surface area contributed by atoms with E-state index in [1.165, 1.54) is 24.0 Å². The van der Waals surface area contributed by atoms with E-state index in [-0.39, 0.29) is 11.7 Å². The van der Waals surface area contributed by atoms with Crippen LogP contribution in [-0.4, -0.2) is 41.3 Å². The predicted octanol–water partition coefficient (Wildman–Crippen LogP) is 1.63. The number of ether oxygens (including phenoxy) is 2. The van der Waals surface area contributed by atoms with Crippen LogP contribution in [0.5, 0.6) is 0 Å². The molecule has 92 valence electrons. The Balaban J connectivity index is 1.89. The molecule has 5 nitrogen and oxygen atoms in total. The molecule has 0 aromatic carbocycles. The van der Waals surface area contributed by atoms with Crippen molar-refractivity contribution in [2.24, 2.45) is 0 Å². The Morgan fingerprint density at radius 3 is 3.24 bits per heavy atom. The number of carboxylic acid groups (broad SMARTS) is 1.